The number of nitrogens with zero attached hydrogens (tertiary/aromatic N) is 2. The number of rotatable bonds is 3. The first-order valence-corrected chi connectivity index (χ1v) is 9.77. The van der Waals surface area contributed by atoms with E-state index in [1.165, 1.54) is 0 Å². The highest BCUT2D eigenvalue weighted by molar-refractivity contribution is 6.62. The van der Waals surface area contributed by atoms with E-state index >= 15 is 0 Å². The van der Waals surface area contributed by atoms with Crippen LogP contribution in [0.5, 0.6) is 0 Å². The van der Waals surface area contributed by atoms with Crippen molar-refractivity contribution in [2.75, 3.05) is 32.5 Å². The van der Waals surface area contributed by atoms with E-state index in [9.17, 15) is 4.79 Å². The minimum atomic E-state index is -0.384. The van der Waals surface area contributed by atoms with Crippen molar-refractivity contribution < 1.29 is 14.1 Å². The van der Waals surface area contributed by atoms with Crippen molar-refractivity contribution in [3.05, 3.63) is 24.3 Å². The molecule has 2 heterocycles. The summed E-state index contributed by atoms with van der Waals surface area (Å²) in [6.45, 7) is 9.76. The number of likely N-dealkylation sites (tertiary alicyclic amines) is 1. The summed E-state index contributed by atoms with van der Waals surface area (Å²) in [5.41, 5.74) is 1.03. The molecule has 2 saturated heterocycles. The lowest BCUT2D eigenvalue weighted by atomic mass is 9.79. The number of urea groups is 1. The molecule has 2 aliphatic rings. The van der Waals surface area contributed by atoms with Crippen LogP contribution in [0.15, 0.2) is 24.3 Å². The maximum Gasteiger partial charge on any atom is 0.494 e. The number of hydrogen-bond donors (Lipinski definition) is 1. The van der Waals surface area contributed by atoms with E-state index < -0.39 is 0 Å². The first kappa shape index (κ1) is 20.2. The Labute approximate surface area is 163 Å². The maximum atomic E-state index is 12.5. The lowest BCUT2D eigenvalue weighted by Gasteiger charge is -2.35. The van der Waals surface area contributed by atoms with Crippen LogP contribution in [-0.4, -0.2) is 67.4 Å². The topological polar surface area (TPSA) is 54.0 Å². The Balaban J connectivity index is 1.56. The molecule has 27 heavy (non-hydrogen) atoms. The van der Waals surface area contributed by atoms with E-state index in [4.69, 9.17) is 9.31 Å². The summed E-state index contributed by atoms with van der Waals surface area (Å²) in [7, 11) is 3.81. The zero-order valence-corrected chi connectivity index (χ0v) is 17.4. The van der Waals surface area contributed by atoms with E-state index in [0.717, 1.165) is 37.1 Å². The SMILES string of the molecule is CN(C)C1CCN(C(=O)Nc2ccc(B3OC(C)(C)C(C)(C)O3)cc2)CC1. The largest absolute Gasteiger partial charge is 0.494 e. The predicted octanol–water partition coefficient (Wildman–Crippen LogP) is 2.54. The number of anilines is 1. The predicted molar refractivity (Wildman–Crippen MR) is 109 cm³/mol. The van der Waals surface area contributed by atoms with Crippen molar-refractivity contribution in [2.45, 2.75) is 57.8 Å². The fraction of sp³-hybridized carbons (Fsp3) is 0.650. The summed E-state index contributed by atoms with van der Waals surface area (Å²) in [6.07, 6.45) is 2.03. The molecule has 2 aliphatic heterocycles. The van der Waals surface area contributed by atoms with Gasteiger partial charge in [-0.1, -0.05) is 12.1 Å². The number of nitrogens with one attached hydrogen (secondary N) is 1. The molecule has 0 aromatic heterocycles. The average molecular weight is 373 g/mol. The van der Waals surface area contributed by atoms with E-state index in [0.29, 0.717) is 6.04 Å². The Bertz CT molecular complexity index is 652. The minimum absolute atomic E-state index is 0.0319. The molecule has 0 spiro atoms. The highest BCUT2D eigenvalue weighted by Gasteiger charge is 2.51. The van der Waals surface area contributed by atoms with Crippen molar-refractivity contribution >= 4 is 24.3 Å². The molecule has 148 valence electrons. The van der Waals surface area contributed by atoms with Gasteiger partial charge >= 0.3 is 13.1 Å². The van der Waals surface area contributed by atoms with E-state index in [1.54, 1.807) is 0 Å². The first-order valence-electron chi connectivity index (χ1n) is 9.77. The number of carbonyl (C=O) groups is 1. The number of hydrogen-bond acceptors (Lipinski definition) is 4. The van der Waals surface area contributed by atoms with Gasteiger partial charge in [0.15, 0.2) is 0 Å². The quantitative estimate of drug-likeness (QED) is 0.828. The third-order valence-electron chi connectivity index (χ3n) is 6.17. The van der Waals surface area contributed by atoms with Crippen molar-refractivity contribution in [1.29, 1.82) is 0 Å². The fourth-order valence-electron chi connectivity index (χ4n) is 3.49. The average Bonchev–Trinajstić information content (AvgIpc) is 2.83. The highest BCUT2D eigenvalue weighted by atomic mass is 16.7. The summed E-state index contributed by atoms with van der Waals surface area (Å²) in [6, 6.07) is 8.26. The second-order valence-electron chi connectivity index (χ2n) is 8.82. The molecule has 1 N–H and O–H groups in total. The summed E-state index contributed by atoms with van der Waals surface area (Å²) in [5.74, 6) is 0. The standard InChI is InChI=1S/C20H32BN3O3/c1-19(2)20(3,4)27-21(26-19)15-7-9-16(10-8-15)22-18(25)24-13-11-17(12-14-24)23(5)6/h7-10,17H,11-14H2,1-6H3,(H,22,25). The lowest BCUT2D eigenvalue weighted by Crippen LogP contribution is -2.46. The van der Waals surface area contributed by atoms with Gasteiger partial charge in [0.1, 0.15) is 0 Å². The summed E-state index contributed by atoms with van der Waals surface area (Å²) in [4.78, 5) is 16.6. The summed E-state index contributed by atoms with van der Waals surface area (Å²) < 4.78 is 12.1. The molecule has 7 heteroatoms. The Kier molecular flexibility index (Phi) is 5.57. The van der Waals surface area contributed by atoms with Gasteiger partial charge < -0.3 is 24.4 Å². The number of piperidine rings is 1. The third kappa shape index (κ3) is 4.31. The molecule has 0 radical (unpaired) electrons. The van der Waals surface area contributed by atoms with Crippen LogP contribution in [0.25, 0.3) is 0 Å². The zero-order chi connectivity index (χ0) is 19.8. The van der Waals surface area contributed by atoms with Gasteiger partial charge in [0.2, 0.25) is 0 Å². The molecule has 1 aromatic rings. The second-order valence-corrected chi connectivity index (χ2v) is 8.82. The molecule has 0 bridgehead atoms. The second kappa shape index (κ2) is 7.45. The fourth-order valence-corrected chi connectivity index (χ4v) is 3.49. The van der Waals surface area contributed by atoms with Gasteiger partial charge in [0, 0.05) is 24.8 Å². The van der Waals surface area contributed by atoms with E-state index in [-0.39, 0.29) is 24.4 Å². The van der Waals surface area contributed by atoms with Crippen LogP contribution in [0, 0.1) is 0 Å². The summed E-state index contributed by atoms with van der Waals surface area (Å²) in [5, 5.41) is 3.00. The Morgan fingerprint density at radius 3 is 2.07 bits per heavy atom. The number of benzene rings is 1. The van der Waals surface area contributed by atoms with Crippen LogP contribution in [-0.2, 0) is 9.31 Å². The van der Waals surface area contributed by atoms with Gasteiger partial charge in [-0.15, -0.1) is 0 Å². The number of carbonyl (C=O) groups excluding carboxylic acids is 1. The van der Waals surface area contributed by atoms with E-state index in [1.807, 2.05) is 56.9 Å². The molecule has 0 aliphatic carbocycles. The van der Waals surface area contributed by atoms with Crippen LogP contribution in [0.1, 0.15) is 40.5 Å². The zero-order valence-electron chi connectivity index (χ0n) is 17.4. The Morgan fingerprint density at radius 2 is 1.59 bits per heavy atom. The van der Waals surface area contributed by atoms with Crippen LogP contribution < -0.4 is 10.8 Å². The highest BCUT2D eigenvalue weighted by Crippen LogP contribution is 2.36. The summed E-state index contributed by atoms with van der Waals surface area (Å²) >= 11 is 0. The van der Waals surface area contributed by atoms with Gasteiger partial charge in [-0.2, -0.15) is 0 Å². The van der Waals surface area contributed by atoms with Crippen LogP contribution in [0.3, 0.4) is 0 Å². The van der Waals surface area contributed by atoms with Gasteiger partial charge in [-0.3, -0.25) is 0 Å². The minimum Gasteiger partial charge on any atom is -0.399 e. The van der Waals surface area contributed by atoms with Crippen LogP contribution >= 0.6 is 0 Å². The van der Waals surface area contributed by atoms with Crippen molar-refractivity contribution in [3.8, 4) is 0 Å². The third-order valence-corrected chi connectivity index (χ3v) is 6.17. The molecule has 2 fully saturated rings. The molecule has 2 amide bonds. The maximum absolute atomic E-state index is 12.5. The number of amides is 2. The van der Waals surface area contributed by atoms with Crippen molar-refractivity contribution in [3.63, 3.8) is 0 Å². The molecule has 0 atom stereocenters. The van der Waals surface area contributed by atoms with Gasteiger partial charge in [0.25, 0.3) is 0 Å². The van der Waals surface area contributed by atoms with E-state index in [2.05, 4.69) is 24.3 Å². The normalized spacial score (nSPS) is 22.3. The van der Waals surface area contributed by atoms with Crippen LogP contribution in [0.2, 0.25) is 0 Å². The molecule has 1 aromatic carbocycles. The molecule has 0 saturated carbocycles. The Hall–Kier alpha value is -1.57. The van der Waals surface area contributed by atoms with Crippen molar-refractivity contribution in [2.24, 2.45) is 0 Å². The smallest absolute Gasteiger partial charge is 0.399 e. The molecular weight excluding hydrogens is 341 g/mol. The molecular formula is C20H32BN3O3. The molecule has 3 rings (SSSR count). The van der Waals surface area contributed by atoms with Gasteiger partial charge in [-0.25, -0.2) is 4.79 Å². The molecule has 0 unspecified atom stereocenters. The lowest BCUT2D eigenvalue weighted by molar-refractivity contribution is 0.00578. The van der Waals surface area contributed by atoms with Gasteiger partial charge in [-0.05, 0) is 72.2 Å². The Morgan fingerprint density at radius 1 is 1.07 bits per heavy atom. The first-order chi connectivity index (χ1) is 12.6. The molecule has 6 nitrogen and oxygen atoms in total. The van der Waals surface area contributed by atoms with Crippen molar-refractivity contribution in [1.82, 2.24) is 9.80 Å². The monoisotopic (exact) mass is 373 g/mol. The van der Waals surface area contributed by atoms with Crippen LogP contribution in [0.4, 0.5) is 10.5 Å². The van der Waals surface area contributed by atoms with Gasteiger partial charge in [0.05, 0.1) is 11.2 Å².